The van der Waals surface area contributed by atoms with Crippen LogP contribution < -0.4 is 5.32 Å². The minimum Gasteiger partial charge on any atom is -0.370 e. The molecule has 18 heavy (non-hydrogen) atoms. The highest BCUT2D eigenvalue weighted by Gasteiger charge is 2.01. The number of rotatable bonds is 4. The van der Waals surface area contributed by atoms with Crippen molar-refractivity contribution in [2.24, 2.45) is 0 Å². The summed E-state index contributed by atoms with van der Waals surface area (Å²) in [6, 6.07) is 9.86. The Morgan fingerprint density at radius 1 is 1.44 bits per heavy atom. The van der Waals surface area contributed by atoms with E-state index >= 15 is 0 Å². The Labute approximate surface area is 119 Å². The van der Waals surface area contributed by atoms with E-state index in [-0.39, 0.29) is 0 Å². The molecule has 2 heterocycles. The summed E-state index contributed by atoms with van der Waals surface area (Å²) < 4.78 is 1.15. The van der Waals surface area contributed by atoms with Gasteiger partial charge in [-0.3, -0.25) is 0 Å². The monoisotopic (exact) mass is 321 g/mol. The van der Waals surface area contributed by atoms with Gasteiger partial charge in [0.05, 0.1) is 15.4 Å². The molecule has 0 aliphatic rings. The fraction of sp³-hybridized carbons (Fsp3) is 0.231. The van der Waals surface area contributed by atoms with Crippen LogP contribution in [-0.2, 0) is 6.42 Å². The van der Waals surface area contributed by atoms with Crippen molar-refractivity contribution < 1.29 is 0 Å². The van der Waals surface area contributed by atoms with E-state index in [9.17, 15) is 0 Å². The number of nitrogens with one attached hydrogen (secondary N) is 1. The first-order chi connectivity index (χ1) is 8.67. The van der Waals surface area contributed by atoms with Gasteiger partial charge < -0.3 is 5.32 Å². The number of nitriles is 1. The van der Waals surface area contributed by atoms with Gasteiger partial charge in [-0.2, -0.15) is 5.26 Å². The molecule has 0 aliphatic heterocycles. The number of nitrogens with zero attached hydrogens (tertiary/aromatic N) is 2. The summed E-state index contributed by atoms with van der Waals surface area (Å²) in [6.45, 7) is 2.71. The van der Waals surface area contributed by atoms with E-state index in [2.05, 4.69) is 44.4 Å². The van der Waals surface area contributed by atoms with E-state index in [0.717, 1.165) is 28.3 Å². The third-order valence-corrected chi connectivity index (χ3v) is 4.07. The summed E-state index contributed by atoms with van der Waals surface area (Å²) in [7, 11) is 0. The second-order valence-electron chi connectivity index (χ2n) is 3.88. The summed E-state index contributed by atoms with van der Waals surface area (Å²) in [5.74, 6) is 0.766. The predicted octanol–water partition coefficient (Wildman–Crippen LogP) is 3.74. The highest BCUT2D eigenvalue weighted by Crippen LogP contribution is 2.22. The molecular weight excluding hydrogens is 310 g/mol. The van der Waals surface area contributed by atoms with Crippen LogP contribution in [0.3, 0.4) is 0 Å². The normalized spacial score (nSPS) is 10.1. The molecule has 2 aromatic heterocycles. The number of hydrogen-bond acceptors (Lipinski definition) is 4. The molecule has 2 rings (SSSR count). The lowest BCUT2D eigenvalue weighted by Crippen LogP contribution is -2.06. The number of pyridine rings is 1. The SMILES string of the molecule is Cc1cc(C#N)cc(NCCc2ccc(Br)s2)n1. The molecule has 0 aliphatic carbocycles. The van der Waals surface area contributed by atoms with Crippen LogP contribution >= 0.6 is 27.3 Å². The first-order valence-corrected chi connectivity index (χ1v) is 7.15. The average Bonchev–Trinajstić information content (AvgIpc) is 2.74. The van der Waals surface area contributed by atoms with Crippen molar-refractivity contribution in [3.63, 3.8) is 0 Å². The van der Waals surface area contributed by atoms with Gasteiger partial charge in [-0.1, -0.05) is 0 Å². The van der Waals surface area contributed by atoms with Gasteiger partial charge in [0.1, 0.15) is 5.82 Å². The first-order valence-electron chi connectivity index (χ1n) is 5.54. The molecule has 0 saturated heterocycles. The van der Waals surface area contributed by atoms with Crippen LogP contribution in [0.2, 0.25) is 0 Å². The topological polar surface area (TPSA) is 48.7 Å². The summed E-state index contributed by atoms with van der Waals surface area (Å²) >= 11 is 5.18. The van der Waals surface area contributed by atoms with Gasteiger partial charge in [0.2, 0.25) is 0 Å². The lowest BCUT2D eigenvalue weighted by atomic mass is 10.2. The van der Waals surface area contributed by atoms with Crippen LogP contribution in [0.15, 0.2) is 28.1 Å². The molecule has 0 saturated carbocycles. The Morgan fingerprint density at radius 3 is 2.94 bits per heavy atom. The van der Waals surface area contributed by atoms with Crippen LogP contribution in [0.5, 0.6) is 0 Å². The van der Waals surface area contributed by atoms with Gasteiger partial charge in [-0.25, -0.2) is 4.98 Å². The van der Waals surface area contributed by atoms with Gasteiger partial charge in [0, 0.05) is 17.1 Å². The molecule has 5 heteroatoms. The smallest absolute Gasteiger partial charge is 0.127 e. The molecule has 2 aromatic rings. The number of aromatic nitrogens is 1. The zero-order valence-electron chi connectivity index (χ0n) is 9.90. The number of thiophene rings is 1. The molecule has 0 bridgehead atoms. The van der Waals surface area contributed by atoms with Crippen LogP contribution in [0.4, 0.5) is 5.82 Å². The fourth-order valence-electron chi connectivity index (χ4n) is 1.62. The number of hydrogen-bond donors (Lipinski definition) is 1. The van der Waals surface area contributed by atoms with Gasteiger partial charge >= 0.3 is 0 Å². The predicted molar refractivity (Wildman–Crippen MR) is 77.9 cm³/mol. The Bertz CT molecular complexity index is 586. The fourth-order valence-corrected chi connectivity index (χ4v) is 3.11. The van der Waals surface area contributed by atoms with Crippen LogP contribution in [0, 0.1) is 18.3 Å². The molecule has 0 spiro atoms. The lowest BCUT2D eigenvalue weighted by Gasteiger charge is -2.05. The molecule has 0 atom stereocenters. The molecule has 0 aromatic carbocycles. The maximum absolute atomic E-state index is 8.88. The van der Waals surface area contributed by atoms with Crippen molar-refractivity contribution >= 4 is 33.1 Å². The lowest BCUT2D eigenvalue weighted by molar-refractivity contribution is 1.02. The number of halogens is 1. The molecule has 3 nitrogen and oxygen atoms in total. The van der Waals surface area contributed by atoms with Gasteiger partial charge in [-0.05, 0) is 53.5 Å². The summed E-state index contributed by atoms with van der Waals surface area (Å²) in [5, 5.41) is 12.1. The molecule has 0 radical (unpaired) electrons. The quantitative estimate of drug-likeness (QED) is 0.933. The third-order valence-electron chi connectivity index (χ3n) is 2.39. The number of aryl methyl sites for hydroxylation is 1. The minimum absolute atomic E-state index is 0.642. The molecule has 1 N–H and O–H groups in total. The summed E-state index contributed by atoms with van der Waals surface area (Å²) in [5.41, 5.74) is 1.50. The van der Waals surface area contributed by atoms with Crippen molar-refractivity contribution in [1.82, 2.24) is 4.98 Å². The Morgan fingerprint density at radius 2 is 2.28 bits per heavy atom. The summed E-state index contributed by atoms with van der Waals surface area (Å²) in [6.07, 6.45) is 0.952. The second kappa shape index (κ2) is 5.98. The Balaban J connectivity index is 1.94. The van der Waals surface area contributed by atoms with E-state index in [4.69, 9.17) is 5.26 Å². The molecular formula is C13H12BrN3S. The molecule has 0 fully saturated rings. The van der Waals surface area contributed by atoms with E-state index in [1.54, 1.807) is 23.5 Å². The van der Waals surface area contributed by atoms with Gasteiger partial charge in [0.15, 0.2) is 0 Å². The van der Waals surface area contributed by atoms with E-state index < -0.39 is 0 Å². The van der Waals surface area contributed by atoms with Crippen molar-refractivity contribution in [2.45, 2.75) is 13.3 Å². The number of anilines is 1. The standard InChI is InChI=1S/C13H12BrN3S/c1-9-6-10(8-15)7-13(17-9)16-5-4-11-2-3-12(14)18-11/h2-3,6-7H,4-5H2,1H3,(H,16,17). The zero-order valence-corrected chi connectivity index (χ0v) is 12.3. The van der Waals surface area contributed by atoms with Crippen LogP contribution in [0.1, 0.15) is 16.1 Å². The Hall–Kier alpha value is -1.38. The van der Waals surface area contributed by atoms with Crippen molar-refractivity contribution in [2.75, 3.05) is 11.9 Å². The van der Waals surface area contributed by atoms with Crippen LogP contribution in [0.25, 0.3) is 0 Å². The Kier molecular flexibility index (Phi) is 4.34. The minimum atomic E-state index is 0.642. The van der Waals surface area contributed by atoms with Crippen molar-refractivity contribution in [3.8, 4) is 6.07 Å². The second-order valence-corrected chi connectivity index (χ2v) is 6.42. The maximum Gasteiger partial charge on any atom is 0.127 e. The van der Waals surface area contributed by atoms with E-state index in [1.807, 2.05) is 6.92 Å². The highest BCUT2D eigenvalue weighted by molar-refractivity contribution is 9.11. The van der Waals surface area contributed by atoms with Crippen molar-refractivity contribution in [1.29, 1.82) is 5.26 Å². The molecule has 0 amide bonds. The van der Waals surface area contributed by atoms with Gasteiger partial charge in [0.25, 0.3) is 0 Å². The van der Waals surface area contributed by atoms with Crippen LogP contribution in [-0.4, -0.2) is 11.5 Å². The summed E-state index contributed by atoms with van der Waals surface area (Å²) in [4.78, 5) is 5.67. The van der Waals surface area contributed by atoms with Gasteiger partial charge in [-0.15, -0.1) is 11.3 Å². The maximum atomic E-state index is 8.88. The third kappa shape index (κ3) is 3.56. The van der Waals surface area contributed by atoms with E-state index in [0.29, 0.717) is 5.56 Å². The highest BCUT2D eigenvalue weighted by atomic mass is 79.9. The molecule has 92 valence electrons. The molecule has 0 unspecified atom stereocenters. The first kappa shape index (κ1) is 13.1. The van der Waals surface area contributed by atoms with Crippen molar-refractivity contribution in [3.05, 3.63) is 44.2 Å². The average molecular weight is 322 g/mol. The largest absolute Gasteiger partial charge is 0.370 e. The zero-order chi connectivity index (χ0) is 13.0. The van der Waals surface area contributed by atoms with E-state index in [1.165, 1.54) is 4.88 Å².